The molecule has 0 atom stereocenters. The number of aliphatic carboxylic acids is 4. The first-order valence-corrected chi connectivity index (χ1v) is 15.5. The fourth-order valence-corrected chi connectivity index (χ4v) is 5.37. The smallest absolute Gasteiger partial charge is 0.308 e. The Hall–Kier alpha value is -4.44. The van der Waals surface area contributed by atoms with Gasteiger partial charge in [-0.25, -0.2) is 0 Å². The van der Waals surface area contributed by atoms with E-state index in [0.29, 0.717) is 0 Å². The van der Waals surface area contributed by atoms with Gasteiger partial charge in [-0.2, -0.15) is 0 Å². The Bertz CT molecular complexity index is 1240. The Morgan fingerprint density at radius 3 is 0.930 bits per heavy atom. The summed E-state index contributed by atoms with van der Waals surface area (Å²) < 4.78 is 0. The molecule has 11 nitrogen and oxygen atoms in total. The van der Waals surface area contributed by atoms with E-state index < -0.39 is 35.6 Å². The zero-order valence-corrected chi connectivity index (χ0v) is 25.5. The average Bonchev–Trinajstić information content (AvgIpc) is 3.74. The molecule has 0 saturated carbocycles. The topological polar surface area (TPSA) is 195 Å². The van der Waals surface area contributed by atoms with Crippen LogP contribution in [0.25, 0.3) is 0 Å². The van der Waals surface area contributed by atoms with Crippen LogP contribution in [0.5, 0.6) is 0 Å². The highest BCUT2D eigenvalue weighted by Crippen LogP contribution is 2.10. The van der Waals surface area contributed by atoms with Gasteiger partial charge in [-0.3, -0.25) is 28.8 Å². The van der Waals surface area contributed by atoms with Gasteiger partial charge in [0.05, 0.1) is 25.7 Å². The molecule has 0 bridgehead atoms. The molecule has 0 saturated heterocycles. The second kappa shape index (κ2) is 21.3. The summed E-state index contributed by atoms with van der Waals surface area (Å²) in [6.07, 6.45) is 3.12. The maximum atomic E-state index is 10.1. The van der Waals surface area contributed by atoms with Gasteiger partial charge in [-0.1, -0.05) is 24.3 Å². The molecule has 5 rings (SSSR count). The Labute approximate surface area is 262 Å². The van der Waals surface area contributed by atoms with Gasteiger partial charge in [0.2, 0.25) is 5.78 Å². The van der Waals surface area contributed by atoms with Crippen LogP contribution in [0.4, 0.5) is 0 Å². The van der Waals surface area contributed by atoms with Crippen molar-refractivity contribution in [1.82, 2.24) is 5.32 Å². The third kappa shape index (κ3) is 19.3. The van der Waals surface area contributed by atoms with E-state index >= 15 is 0 Å². The van der Waals surface area contributed by atoms with Crippen molar-refractivity contribution in [1.29, 1.82) is 0 Å². The largest absolute Gasteiger partial charge is 0.481 e. The van der Waals surface area contributed by atoms with Crippen LogP contribution in [0.1, 0.15) is 19.5 Å². The minimum absolute atomic E-state index is 0.150. The third-order valence-electron chi connectivity index (χ3n) is 4.30. The minimum atomic E-state index is -0.766. The van der Waals surface area contributed by atoms with Crippen LogP contribution in [-0.4, -0.2) is 56.0 Å². The van der Waals surface area contributed by atoms with E-state index in [4.69, 9.17) is 20.4 Å². The molecule has 228 valence electrons. The number of thiophene rings is 4. The predicted octanol–water partition coefficient (Wildman–Crippen LogP) is 4.70. The number of ketones is 1. The van der Waals surface area contributed by atoms with E-state index in [0.717, 1.165) is 19.5 Å². The maximum Gasteiger partial charge on any atom is 0.308 e. The molecule has 43 heavy (non-hydrogen) atoms. The molecular weight excluding hydrogens is 639 g/mol. The van der Waals surface area contributed by atoms with Crippen molar-refractivity contribution in [3.8, 4) is 0 Å². The molecule has 1 aliphatic heterocycles. The lowest BCUT2D eigenvalue weighted by atomic mass is 10.3. The Morgan fingerprint density at radius 2 is 0.814 bits per heavy atom. The van der Waals surface area contributed by atoms with E-state index in [9.17, 15) is 28.8 Å². The normalized spacial score (nSPS) is 10.7. The highest BCUT2D eigenvalue weighted by atomic mass is 32.1. The van der Waals surface area contributed by atoms with Gasteiger partial charge in [-0.05, 0) is 45.8 Å². The van der Waals surface area contributed by atoms with Gasteiger partial charge in [-0.15, -0.1) is 45.3 Å². The molecule has 0 spiro atoms. The van der Waals surface area contributed by atoms with E-state index in [-0.39, 0.29) is 25.7 Å². The summed E-state index contributed by atoms with van der Waals surface area (Å²) in [6.45, 7) is 0. The maximum absolute atomic E-state index is 10.1. The Kier molecular flexibility index (Phi) is 18.1. The molecule has 4 aromatic heterocycles. The summed E-state index contributed by atoms with van der Waals surface area (Å²) in [6, 6.07) is 14.7. The number of carboxylic acids is 4. The number of carbonyl (C=O) groups is 6. The van der Waals surface area contributed by atoms with Crippen molar-refractivity contribution in [3.63, 3.8) is 0 Å². The Morgan fingerprint density at radius 1 is 0.535 bits per heavy atom. The summed E-state index contributed by atoms with van der Waals surface area (Å²) in [7, 11) is 0. The summed E-state index contributed by atoms with van der Waals surface area (Å²) in [5.41, 5.74) is 0. The average molecular weight is 666 g/mol. The number of carboxylic acid groups (broad SMARTS) is 4. The van der Waals surface area contributed by atoms with Crippen LogP contribution < -0.4 is 5.32 Å². The monoisotopic (exact) mass is 665 g/mol. The molecule has 0 radical (unpaired) electrons. The van der Waals surface area contributed by atoms with Gasteiger partial charge in [0.1, 0.15) is 0 Å². The lowest BCUT2D eigenvalue weighted by molar-refractivity contribution is -0.137. The highest BCUT2D eigenvalue weighted by molar-refractivity contribution is 7.10. The van der Waals surface area contributed by atoms with Gasteiger partial charge in [0, 0.05) is 31.8 Å². The SMILES string of the molecule is O=C(O)Cc1cccs1.O=C(O)Cc1cccs1.O=C(O)Cc1cccs1.O=C(O)Cc1cccs1.O=C1C=CNC1=O. The van der Waals surface area contributed by atoms with E-state index in [2.05, 4.69) is 5.32 Å². The number of nitrogens with one attached hydrogen (secondary N) is 1. The highest BCUT2D eigenvalue weighted by Gasteiger charge is 2.12. The summed E-state index contributed by atoms with van der Waals surface area (Å²) in [4.78, 5) is 64.0. The Balaban J connectivity index is 0.000000269. The van der Waals surface area contributed by atoms with Crippen LogP contribution in [-0.2, 0) is 54.5 Å². The summed E-state index contributed by atoms with van der Waals surface area (Å²) in [5, 5.41) is 42.9. The molecular formula is C28H27NO10S4. The van der Waals surface area contributed by atoms with Crippen LogP contribution in [0.15, 0.2) is 82.3 Å². The lowest BCUT2D eigenvalue weighted by Crippen LogP contribution is -2.17. The van der Waals surface area contributed by atoms with Gasteiger partial charge in [0.25, 0.3) is 5.91 Å². The molecule has 5 heterocycles. The second-order valence-electron chi connectivity index (χ2n) is 7.77. The van der Waals surface area contributed by atoms with Crippen molar-refractivity contribution in [2.75, 3.05) is 0 Å². The fourth-order valence-electron chi connectivity index (χ4n) is 2.59. The number of carbonyl (C=O) groups excluding carboxylic acids is 2. The van der Waals surface area contributed by atoms with E-state index in [1.165, 1.54) is 57.6 Å². The molecule has 15 heteroatoms. The van der Waals surface area contributed by atoms with E-state index in [1.54, 1.807) is 0 Å². The van der Waals surface area contributed by atoms with Crippen LogP contribution >= 0.6 is 45.3 Å². The minimum Gasteiger partial charge on any atom is -0.481 e. The first-order chi connectivity index (χ1) is 20.5. The second-order valence-corrected chi connectivity index (χ2v) is 11.9. The molecule has 0 unspecified atom stereocenters. The number of rotatable bonds is 8. The van der Waals surface area contributed by atoms with Crippen LogP contribution in [0, 0.1) is 0 Å². The first kappa shape index (κ1) is 36.6. The molecule has 0 fully saturated rings. The lowest BCUT2D eigenvalue weighted by Gasteiger charge is -1.85. The summed E-state index contributed by atoms with van der Waals surface area (Å²) >= 11 is 5.88. The molecule has 1 aliphatic rings. The van der Waals surface area contributed by atoms with Crippen molar-refractivity contribution < 1.29 is 49.2 Å². The van der Waals surface area contributed by atoms with Crippen molar-refractivity contribution in [3.05, 3.63) is 102 Å². The van der Waals surface area contributed by atoms with Gasteiger partial charge in [0.15, 0.2) is 0 Å². The summed E-state index contributed by atoms with van der Waals surface area (Å²) in [5.74, 6) is -4.08. The standard InChI is InChI=1S/4C6H6O2S.C4H3NO2/c4*7-6(8)4-5-2-1-3-9-5;6-3-1-2-5-4(3)7/h4*1-3H,4H2,(H,7,8);1-2H,(H,5,6,7). The van der Waals surface area contributed by atoms with E-state index in [1.807, 2.05) is 70.1 Å². The number of hydrogen-bond acceptors (Lipinski definition) is 10. The zero-order valence-electron chi connectivity index (χ0n) is 22.3. The van der Waals surface area contributed by atoms with Gasteiger partial charge >= 0.3 is 23.9 Å². The number of amides is 1. The van der Waals surface area contributed by atoms with Crippen LogP contribution in [0.2, 0.25) is 0 Å². The molecule has 4 aromatic rings. The molecule has 0 aliphatic carbocycles. The van der Waals surface area contributed by atoms with Crippen molar-refractivity contribution in [2.24, 2.45) is 0 Å². The van der Waals surface area contributed by atoms with Gasteiger partial charge < -0.3 is 25.7 Å². The quantitative estimate of drug-likeness (QED) is 0.165. The van der Waals surface area contributed by atoms with Crippen LogP contribution in [0.3, 0.4) is 0 Å². The third-order valence-corrected chi connectivity index (χ3v) is 7.80. The van der Waals surface area contributed by atoms with Crippen molar-refractivity contribution >= 4 is 80.9 Å². The van der Waals surface area contributed by atoms with Crippen molar-refractivity contribution in [2.45, 2.75) is 25.7 Å². The molecule has 1 amide bonds. The predicted molar refractivity (Wildman–Crippen MR) is 165 cm³/mol. The molecule has 0 aromatic carbocycles. The fraction of sp³-hybridized carbons (Fsp3) is 0.143. The molecule has 5 N–H and O–H groups in total. The first-order valence-electron chi connectivity index (χ1n) is 11.9. The zero-order chi connectivity index (χ0) is 32.0. The number of hydrogen-bond donors (Lipinski definition) is 5.